The first-order valence-electron chi connectivity index (χ1n) is 6.37. The molecule has 3 unspecified atom stereocenters. The van der Waals surface area contributed by atoms with Gasteiger partial charge in [-0.2, -0.15) is 9.42 Å². The molecule has 1 fully saturated rings. The summed E-state index contributed by atoms with van der Waals surface area (Å²) in [7, 11) is -0.529. The molecule has 0 spiro atoms. The Hall–Kier alpha value is -1.45. The number of rotatable bonds is 9. The lowest BCUT2D eigenvalue weighted by molar-refractivity contribution is -0.147. The highest BCUT2D eigenvalue weighted by atomic mass is 31.2. The second-order valence-electron chi connectivity index (χ2n) is 4.43. The van der Waals surface area contributed by atoms with Crippen molar-refractivity contribution >= 4 is 20.2 Å². The van der Waals surface area contributed by atoms with E-state index >= 15 is 0 Å². The third-order valence-electron chi connectivity index (χ3n) is 2.92. The molecular formula is C11H19N3O7P+. The average molecular weight is 336 g/mol. The monoisotopic (exact) mass is 336 g/mol. The molecule has 0 aromatic heterocycles. The van der Waals surface area contributed by atoms with Crippen LogP contribution >= 0.6 is 7.87 Å². The maximum Gasteiger partial charge on any atom is 0.465 e. The van der Waals surface area contributed by atoms with Crippen molar-refractivity contribution in [1.82, 2.24) is 10.2 Å². The van der Waals surface area contributed by atoms with E-state index in [-0.39, 0.29) is 12.6 Å². The quantitative estimate of drug-likeness (QED) is 0.266. The number of carbonyl (C=O) groups is 2. The molecule has 1 aliphatic heterocycles. The second-order valence-corrected chi connectivity index (χ2v) is 6.55. The summed E-state index contributed by atoms with van der Waals surface area (Å²) in [6.07, 6.45) is 2.85. The fourth-order valence-electron chi connectivity index (χ4n) is 1.69. The number of hydrogen-bond donors (Lipinski definition) is 2. The molecule has 0 bridgehead atoms. The summed E-state index contributed by atoms with van der Waals surface area (Å²) in [5, 5.41) is 1.97. The van der Waals surface area contributed by atoms with Crippen LogP contribution in [-0.2, 0) is 23.6 Å². The van der Waals surface area contributed by atoms with Gasteiger partial charge in [-0.05, 0) is 6.42 Å². The van der Waals surface area contributed by atoms with Gasteiger partial charge in [0.25, 0.3) is 5.91 Å². The number of amides is 2. The molecule has 0 radical (unpaired) electrons. The molecular weight excluding hydrogens is 317 g/mol. The van der Waals surface area contributed by atoms with E-state index in [0.717, 1.165) is 0 Å². The standard InChI is InChI=1S/C11H18N3O7P/c1-14(6-5-9(16)12-7-15)10-3-4-11(21-10)20-8-22(18,13-17)19-2/h5-7,10-11,18H,3-4,8H2,1-2H3/p+1/b6-5-. The van der Waals surface area contributed by atoms with Crippen LogP contribution in [0.4, 0.5) is 0 Å². The molecule has 0 aliphatic carbocycles. The number of nitrogens with zero attached hydrogens (tertiary/aromatic N) is 2. The average Bonchev–Trinajstić information content (AvgIpc) is 2.99. The maximum absolute atomic E-state index is 11.1. The van der Waals surface area contributed by atoms with Crippen molar-refractivity contribution in [2.24, 2.45) is 4.95 Å². The van der Waals surface area contributed by atoms with E-state index in [1.165, 1.54) is 19.4 Å². The van der Waals surface area contributed by atoms with Crippen molar-refractivity contribution < 1.29 is 28.5 Å². The molecule has 3 atom stereocenters. The van der Waals surface area contributed by atoms with Crippen LogP contribution in [0.3, 0.4) is 0 Å². The van der Waals surface area contributed by atoms with Crippen LogP contribution in [0.15, 0.2) is 17.2 Å². The fourth-order valence-corrected chi connectivity index (χ4v) is 2.27. The summed E-state index contributed by atoms with van der Waals surface area (Å²) in [5.74, 6) is -0.542. The first kappa shape index (κ1) is 18.6. The lowest BCUT2D eigenvalue weighted by Crippen LogP contribution is -2.29. The molecule has 1 saturated heterocycles. The third-order valence-corrected chi connectivity index (χ3v) is 4.25. The Bertz CT molecular complexity index is 436. The molecule has 0 aromatic carbocycles. The van der Waals surface area contributed by atoms with Gasteiger partial charge in [0, 0.05) is 25.7 Å². The van der Waals surface area contributed by atoms with Crippen molar-refractivity contribution in [3.05, 3.63) is 17.2 Å². The minimum atomic E-state index is -3.41. The Morgan fingerprint density at radius 3 is 2.91 bits per heavy atom. The van der Waals surface area contributed by atoms with Crippen LogP contribution in [-0.4, -0.2) is 55.1 Å². The zero-order valence-corrected chi connectivity index (χ0v) is 13.1. The van der Waals surface area contributed by atoms with Gasteiger partial charge in [-0.15, -0.1) is 4.91 Å². The fraction of sp³-hybridized carbons (Fsp3) is 0.636. The first-order chi connectivity index (χ1) is 10.4. The Morgan fingerprint density at radius 1 is 1.59 bits per heavy atom. The largest absolute Gasteiger partial charge is 0.465 e. The Kier molecular flexibility index (Phi) is 7.49. The lowest BCUT2D eigenvalue weighted by atomic mass is 10.3. The predicted octanol–water partition coefficient (Wildman–Crippen LogP) is 0.309. The van der Waals surface area contributed by atoms with Crippen LogP contribution in [0.2, 0.25) is 0 Å². The van der Waals surface area contributed by atoms with Crippen molar-refractivity contribution in [2.75, 3.05) is 20.5 Å². The van der Waals surface area contributed by atoms with Crippen molar-refractivity contribution in [3.63, 3.8) is 0 Å². The Morgan fingerprint density at radius 2 is 2.32 bits per heavy atom. The normalized spacial score (nSPS) is 24.0. The molecule has 0 saturated carbocycles. The summed E-state index contributed by atoms with van der Waals surface area (Å²) in [6.45, 7) is 0. The molecule has 0 aromatic rings. The summed E-state index contributed by atoms with van der Waals surface area (Å²) < 4.78 is 15.5. The zero-order chi connectivity index (χ0) is 16.6. The van der Waals surface area contributed by atoms with E-state index < -0.39 is 20.1 Å². The van der Waals surface area contributed by atoms with Crippen molar-refractivity contribution in [1.29, 1.82) is 0 Å². The number of carbonyl (C=O) groups excluding carboxylic acids is 2. The van der Waals surface area contributed by atoms with Gasteiger partial charge in [0.15, 0.2) is 11.2 Å². The molecule has 2 N–H and O–H groups in total. The summed E-state index contributed by atoms with van der Waals surface area (Å²) in [4.78, 5) is 45.4. The first-order valence-corrected chi connectivity index (χ1v) is 8.16. The van der Waals surface area contributed by atoms with E-state index in [1.807, 2.05) is 5.32 Å². The highest BCUT2D eigenvalue weighted by molar-refractivity contribution is 7.63. The second kappa shape index (κ2) is 8.86. The van der Waals surface area contributed by atoms with Gasteiger partial charge in [-0.3, -0.25) is 14.9 Å². The van der Waals surface area contributed by atoms with E-state index in [9.17, 15) is 19.4 Å². The van der Waals surface area contributed by atoms with Gasteiger partial charge in [-0.25, -0.2) is 0 Å². The zero-order valence-electron chi connectivity index (χ0n) is 12.2. The number of hydrogen-bond acceptors (Lipinski definition) is 9. The van der Waals surface area contributed by atoms with Gasteiger partial charge >= 0.3 is 7.87 Å². The minimum absolute atomic E-state index is 0.295. The topological polar surface area (TPSA) is 127 Å². The van der Waals surface area contributed by atoms with Crippen LogP contribution in [0.25, 0.3) is 0 Å². The molecule has 11 heteroatoms. The number of nitroso groups, excluding NO2 is 1. The molecule has 124 valence electrons. The number of imide groups is 1. The highest BCUT2D eigenvalue weighted by Crippen LogP contribution is 2.56. The highest BCUT2D eigenvalue weighted by Gasteiger charge is 2.42. The summed E-state index contributed by atoms with van der Waals surface area (Å²) >= 11 is 0. The Balaban J connectivity index is 2.40. The molecule has 22 heavy (non-hydrogen) atoms. The lowest BCUT2D eigenvalue weighted by Gasteiger charge is -2.22. The van der Waals surface area contributed by atoms with Gasteiger partial charge in [0.1, 0.15) is 6.23 Å². The molecule has 2 amide bonds. The van der Waals surface area contributed by atoms with E-state index in [1.54, 1.807) is 11.9 Å². The Labute approximate surface area is 127 Å². The van der Waals surface area contributed by atoms with Crippen LogP contribution < -0.4 is 5.32 Å². The van der Waals surface area contributed by atoms with Gasteiger partial charge in [0.05, 0.1) is 7.11 Å². The predicted molar refractivity (Wildman–Crippen MR) is 76.9 cm³/mol. The van der Waals surface area contributed by atoms with E-state index in [2.05, 4.69) is 9.47 Å². The van der Waals surface area contributed by atoms with Crippen LogP contribution in [0.5, 0.6) is 0 Å². The number of nitrogens with one attached hydrogen (secondary N) is 1. The summed E-state index contributed by atoms with van der Waals surface area (Å²) in [6, 6.07) is 0. The molecule has 10 nitrogen and oxygen atoms in total. The summed E-state index contributed by atoms with van der Waals surface area (Å²) in [5.41, 5.74) is 0. The minimum Gasteiger partial charge on any atom is -0.355 e. The van der Waals surface area contributed by atoms with Crippen molar-refractivity contribution in [3.8, 4) is 0 Å². The molecule has 1 aliphatic rings. The maximum atomic E-state index is 11.1. The van der Waals surface area contributed by atoms with E-state index in [4.69, 9.17) is 9.47 Å². The van der Waals surface area contributed by atoms with E-state index in [0.29, 0.717) is 19.3 Å². The van der Waals surface area contributed by atoms with Crippen LogP contribution in [0.1, 0.15) is 12.8 Å². The SMILES string of the molecule is CO[P+](O)(COC1CCC(N(C)/C=C\C(=O)NC=O)O1)N=O. The van der Waals surface area contributed by atoms with Gasteiger partial charge < -0.3 is 14.4 Å². The third kappa shape index (κ3) is 5.74. The number of ether oxygens (including phenoxy) is 2. The van der Waals surface area contributed by atoms with Gasteiger partial charge in [0.2, 0.25) is 12.8 Å². The smallest absolute Gasteiger partial charge is 0.355 e. The van der Waals surface area contributed by atoms with Gasteiger partial charge in [-0.1, -0.05) is 0 Å². The van der Waals surface area contributed by atoms with Crippen molar-refractivity contribution in [2.45, 2.75) is 25.4 Å². The van der Waals surface area contributed by atoms with Crippen LogP contribution in [0, 0.1) is 4.91 Å². The molecule has 1 rings (SSSR count). The molecule has 1 heterocycles.